The smallest absolute Gasteiger partial charge is 0.317 e. The number of aliphatic hydroxyl groups excluding tert-OH is 3. The fraction of sp³-hybridized carbons (Fsp3) is 0.884. The van der Waals surface area contributed by atoms with Gasteiger partial charge < -0.3 is 41.1 Å². The molecule has 4 aliphatic carbocycles. The SMILES string of the molecule is C[C@H](CCC(=O)O)[C@H]1CC[C@H]2[C@@H]3[C@H](O)C[C@@H]4C[C@@H](NC(=O)CCC(O)CN5CCN(CC(=O)O)CCN(CC(=O)O)CCN(CC(=O)O)CC5)CC[C@]4(C)[C@H]3C[C@H](O)[C@]12C. The number of aliphatic carboxylic acids is 4. The van der Waals surface area contributed by atoms with Gasteiger partial charge in [0, 0.05) is 77.8 Å². The number of carboxylic acid groups (broad SMARTS) is 4. The molecular weight excluding hydrogens is 778 g/mol. The van der Waals surface area contributed by atoms with E-state index in [1.165, 1.54) is 0 Å². The summed E-state index contributed by atoms with van der Waals surface area (Å²) in [5.41, 5.74) is -0.450. The highest BCUT2D eigenvalue weighted by Crippen LogP contribution is 2.68. The van der Waals surface area contributed by atoms with Crippen LogP contribution in [0.5, 0.6) is 0 Å². The predicted molar refractivity (Wildman–Crippen MR) is 220 cm³/mol. The molecule has 5 rings (SSSR count). The standard InChI is InChI=1S/C43H73N5O12/c1-27(4-9-37(53)54)31-6-7-32-41-33(22-35(51)43(31,32)3)42(2)11-10-29(20-28(42)21-34(41)50)44-36(52)8-5-30(49)23-45-12-14-46(24-38(55)56)16-18-48(26-40(59)60)19-17-47(15-13-45)25-39(57)58/h27-35,41,49-51H,4-26H2,1-3H3,(H,44,52)(H,53,54)(H,55,56)(H,57,58)(H,59,60)/t27-,28+,29+,30?,31-,32+,33+,34-,35+,41+,42+,43-/m1/s1. The highest BCUT2D eigenvalue weighted by Gasteiger charge is 2.65. The summed E-state index contributed by atoms with van der Waals surface area (Å²) in [6, 6.07) is -0.0666. The Balaban J connectivity index is 1.14. The number of hydrogen-bond donors (Lipinski definition) is 8. The van der Waals surface area contributed by atoms with E-state index in [1.807, 2.05) is 4.90 Å². The van der Waals surface area contributed by atoms with E-state index in [2.05, 4.69) is 26.1 Å². The molecule has 12 atom stereocenters. The maximum absolute atomic E-state index is 13.3. The van der Waals surface area contributed by atoms with Crippen LogP contribution in [-0.2, 0) is 24.0 Å². The molecule has 5 fully saturated rings. The van der Waals surface area contributed by atoms with Crippen LogP contribution in [0.4, 0.5) is 0 Å². The van der Waals surface area contributed by atoms with Crippen molar-refractivity contribution in [1.82, 2.24) is 24.9 Å². The molecule has 17 heteroatoms. The van der Waals surface area contributed by atoms with Crippen molar-refractivity contribution in [3.63, 3.8) is 0 Å². The van der Waals surface area contributed by atoms with E-state index in [4.69, 9.17) is 0 Å². The normalized spacial score (nSPS) is 36.0. The third kappa shape index (κ3) is 12.0. The average molecular weight is 852 g/mol. The van der Waals surface area contributed by atoms with Crippen molar-refractivity contribution in [2.75, 3.05) is 78.5 Å². The maximum atomic E-state index is 13.3. The first kappa shape index (κ1) is 48.1. The zero-order valence-corrected chi connectivity index (χ0v) is 36.0. The lowest BCUT2D eigenvalue weighted by atomic mass is 9.43. The van der Waals surface area contributed by atoms with Crippen LogP contribution in [0.3, 0.4) is 0 Å². The van der Waals surface area contributed by atoms with Crippen LogP contribution in [0.1, 0.15) is 91.4 Å². The Bertz CT molecular complexity index is 1470. The zero-order chi connectivity index (χ0) is 43.9. The Morgan fingerprint density at radius 2 is 1.20 bits per heavy atom. The van der Waals surface area contributed by atoms with Crippen LogP contribution in [0.15, 0.2) is 0 Å². The first-order chi connectivity index (χ1) is 28.3. The Hall–Kier alpha value is -2.93. The molecule has 0 aromatic carbocycles. The van der Waals surface area contributed by atoms with Crippen molar-refractivity contribution in [3.05, 3.63) is 0 Å². The fourth-order valence-corrected chi connectivity index (χ4v) is 12.6. The first-order valence-corrected chi connectivity index (χ1v) is 22.4. The molecule has 1 heterocycles. The van der Waals surface area contributed by atoms with Gasteiger partial charge in [-0.05, 0) is 104 Å². The number of nitrogens with zero attached hydrogens (tertiary/aromatic N) is 4. The predicted octanol–water partition coefficient (Wildman–Crippen LogP) is 1.19. The molecule has 0 bridgehead atoms. The van der Waals surface area contributed by atoms with Gasteiger partial charge in [-0.15, -0.1) is 0 Å². The molecule has 1 amide bonds. The number of β-amino-alcohol motifs (C(OH)–C–C–N with tert-alkyl or cyclic N) is 1. The molecule has 4 saturated carbocycles. The minimum atomic E-state index is -1.02. The monoisotopic (exact) mass is 852 g/mol. The van der Waals surface area contributed by atoms with E-state index in [1.54, 1.807) is 14.7 Å². The van der Waals surface area contributed by atoms with E-state index in [9.17, 15) is 59.7 Å². The minimum absolute atomic E-state index is 0.0666. The van der Waals surface area contributed by atoms with Gasteiger partial charge in [0.05, 0.1) is 37.9 Å². The summed E-state index contributed by atoms with van der Waals surface area (Å²) >= 11 is 0. The number of nitrogens with one attached hydrogen (secondary N) is 1. The molecule has 0 aromatic rings. The van der Waals surface area contributed by atoms with Crippen molar-refractivity contribution in [3.8, 4) is 0 Å². The van der Waals surface area contributed by atoms with Gasteiger partial charge in [-0.3, -0.25) is 43.6 Å². The zero-order valence-electron chi connectivity index (χ0n) is 36.0. The number of hydrogen-bond acceptors (Lipinski definition) is 12. The quantitative estimate of drug-likeness (QED) is 0.109. The number of carbonyl (C=O) groups excluding carboxylic acids is 1. The van der Waals surface area contributed by atoms with Crippen LogP contribution in [0, 0.1) is 46.3 Å². The Labute approximate surface area is 354 Å². The summed E-state index contributed by atoms with van der Waals surface area (Å²) in [5, 5.41) is 75.8. The largest absolute Gasteiger partial charge is 0.481 e. The van der Waals surface area contributed by atoms with Gasteiger partial charge in [-0.25, -0.2) is 0 Å². The lowest BCUT2D eigenvalue weighted by Gasteiger charge is -2.63. The summed E-state index contributed by atoms with van der Waals surface area (Å²) in [5.74, 6) is -3.04. The molecule has 5 aliphatic rings. The molecule has 60 heavy (non-hydrogen) atoms. The maximum Gasteiger partial charge on any atom is 0.317 e. The second kappa shape index (κ2) is 21.0. The molecule has 342 valence electrons. The minimum Gasteiger partial charge on any atom is -0.481 e. The fourth-order valence-electron chi connectivity index (χ4n) is 12.6. The van der Waals surface area contributed by atoms with Crippen molar-refractivity contribution >= 4 is 29.8 Å². The lowest BCUT2D eigenvalue weighted by molar-refractivity contribution is -0.202. The molecule has 0 aromatic heterocycles. The molecule has 8 N–H and O–H groups in total. The van der Waals surface area contributed by atoms with Crippen LogP contribution >= 0.6 is 0 Å². The number of aliphatic hydroxyl groups is 3. The van der Waals surface area contributed by atoms with Gasteiger partial charge in [-0.2, -0.15) is 0 Å². The van der Waals surface area contributed by atoms with Gasteiger partial charge in [0.2, 0.25) is 5.91 Å². The molecule has 17 nitrogen and oxygen atoms in total. The summed E-state index contributed by atoms with van der Waals surface area (Å²) < 4.78 is 0. The van der Waals surface area contributed by atoms with Crippen molar-refractivity contribution in [2.24, 2.45) is 46.3 Å². The average Bonchev–Trinajstić information content (AvgIpc) is 3.52. The number of rotatable bonds is 16. The molecule has 1 aliphatic heterocycles. The summed E-state index contributed by atoms with van der Waals surface area (Å²) in [6.07, 6.45) is 4.64. The van der Waals surface area contributed by atoms with Gasteiger partial charge in [0.25, 0.3) is 0 Å². The van der Waals surface area contributed by atoms with Crippen LogP contribution in [0.25, 0.3) is 0 Å². The van der Waals surface area contributed by atoms with Crippen LogP contribution < -0.4 is 5.32 Å². The van der Waals surface area contributed by atoms with Crippen LogP contribution in [0.2, 0.25) is 0 Å². The van der Waals surface area contributed by atoms with Gasteiger partial charge in [0.1, 0.15) is 0 Å². The van der Waals surface area contributed by atoms with E-state index < -0.39 is 42.2 Å². The Morgan fingerprint density at radius 1 is 0.667 bits per heavy atom. The second-order valence-corrected chi connectivity index (χ2v) is 19.5. The van der Waals surface area contributed by atoms with E-state index in [0.717, 1.165) is 32.1 Å². The number of fused-ring (bicyclic) bond motifs is 5. The van der Waals surface area contributed by atoms with Gasteiger partial charge >= 0.3 is 23.9 Å². The van der Waals surface area contributed by atoms with E-state index in [0.29, 0.717) is 71.6 Å². The van der Waals surface area contributed by atoms with E-state index in [-0.39, 0.29) is 104 Å². The summed E-state index contributed by atoms with van der Waals surface area (Å²) in [7, 11) is 0. The third-order valence-corrected chi connectivity index (χ3v) is 15.9. The third-order valence-electron chi connectivity index (χ3n) is 15.9. The van der Waals surface area contributed by atoms with Crippen LogP contribution in [-0.4, -0.2) is 188 Å². The molecule has 1 saturated heterocycles. The van der Waals surface area contributed by atoms with Gasteiger partial charge in [0.15, 0.2) is 0 Å². The van der Waals surface area contributed by atoms with Crippen molar-refractivity contribution in [1.29, 1.82) is 0 Å². The number of amides is 1. The molecular formula is C43H73N5O12. The second-order valence-electron chi connectivity index (χ2n) is 19.5. The van der Waals surface area contributed by atoms with Crippen molar-refractivity contribution in [2.45, 2.75) is 116 Å². The highest BCUT2D eigenvalue weighted by molar-refractivity contribution is 5.76. The number of carboxylic acids is 4. The first-order valence-electron chi connectivity index (χ1n) is 22.4. The molecule has 0 radical (unpaired) electrons. The van der Waals surface area contributed by atoms with Gasteiger partial charge in [-0.1, -0.05) is 20.8 Å². The molecule has 0 spiro atoms. The molecule has 1 unspecified atom stereocenters. The van der Waals surface area contributed by atoms with E-state index >= 15 is 0 Å². The summed E-state index contributed by atoms with van der Waals surface area (Å²) in [6.45, 7) is 8.75. The number of carbonyl (C=O) groups is 5. The highest BCUT2D eigenvalue weighted by atomic mass is 16.4. The Morgan fingerprint density at radius 3 is 1.72 bits per heavy atom. The Kier molecular flexibility index (Phi) is 16.8. The lowest BCUT2D eigenvalue weighted by Crippen LogP contribution is -2.63. The summed E-state index contributed by atoms with van der Waals surface area (Å²) in [4.78, 5) is 66.5. The topological polar surface area (TPSA) is 252 Å². The van der Waals surface area contributed by atoms with Crippen molar-refractivity contribution < 1.29 is 59.7 Å².